The van der Waals surface area contributed by atoms with Crippen LogP contribution in [0.25, 0.3) is 10.9 Å². The molecule has 6 nitrogen and oxygen atoms in total. The van der Waals surface area contributed by atoms with Gasteiger partial charge in [0, 0.05) is 51.9 Å². The molecule has 33 heavy (non-hydrogen) atoms. The summed E-state index contributed by atoms with van der Waals surface area (Å²) in [6, 6.07) is 19.4. The van der Waals surface area contributed by atoms with Crippen LogP contribution in [0.1, 0.15) is 36.9 Å². The van der Waals surface area contributed by atoms with E-state index < -0.39 is 0 Å². The average Bonchev–Trinajstić information content (AvgIpc) is 3.36. The summed E-state index contributed by atoms with van der Waals surface area (Å²) < 4.78 is 0. The number of nitrogens with zero attached hydrogens (tertiary/aromatic N) is 4. The minimum absolute atomic E-state index is 0. The van der Waals surface area contributed by atoms with Gasteiger partial charge in [-0.25, -0.2) is 4.98 Å². The monoisotopic (exact) mass is 558 g/mol. The second kappa shape index (κ2) is 11.5. The highest BCUT2D eigenvalue weighted by Gasteiger charge is 2.15. The van der Waals surface area contributed by atoms with Gasteiger partial charge in [-0.05, 0) is 55.2 Å². The van der Waals surface area contributed by atoms with E-state index in [1.165, 1.54) is 29.7 Å². The fraction of sp³-hybridized carbons (Fsp3) is 0.385. The molecule has 1 aliphatic rings. The Morgan fingerprint density at radius 1 is 1.09 bits per heavy atom. The molecule has 2 N–H and O–H groups in total. The molecule has 1 fully saturated rings. The predicted molar refractivity (Wildman–Crippen MR) is 151 cm³/mol. The van der Waals surface area contributed by atoms with E-state index in [-0.39, 0.29) is 30.0 Å². The van der Waals surface area contributed by atoms with Gasteiger partial charge in [0.1, 0.15) is 5.82 Å². The lowest BCUT2D eigenvalue weighted by Gasteiger charge is -2.22. The van der Waals surface area contributed by atoms with Gasteiger partial charge >= 0.3 is 0 Å². The molecule has 0 amide bonds. The third-order valence-corrected chi connectivity index (χ3v) is 6.11. The molecule has 176 valence electrons. The lowest BCUT2D eigenvalue weighted by atomic mass is 10.1. The molecule has 7 heteroatoms. The lowest BCUT2D eigenvalue weighted by Crippen LogP contribution is -2.38. The number of anilines is 2. The van der Waals surface area contributed by atoms with E-state index in [4.69, 9.17) is 4.98 Å². The van der Waals surface area contributed by atoms with E-state index >= 15 is 0 Å². The molecule has 0 aliphatic carbocycles. The van der Waals surface area contributed by atoms with Crippen molar-refractivity contribution in [3.8, 4) is 0 Å². The molecule has 0 saturated carbocycles. The molecule has 1 unspecified atom stereocenters. The Hall–Kier alpha value is -2.55. The van der Waals surface area contributed by atoms with Gasteiger partial charge in [-0.3, -0.25) is 4.99 Å². The summed E-state index contributed by atoms with van der Waals surface area (Å²) in [7, 11) is 5.86. The van der Waals surface area contributed by atoms with Gasteiger partial charge in [-0.1, -0.05) is 30.3 Å². The number of aromatic nitrogens is 1. The second-order valence-corrected chi connectivity index (χ2v) is 8.63. The number of hydrogen-bond acceptors (Lipinski definition) is 4. The zero-order chi connectivity index (χ0) is 22.5. The van der Waals surface area contributed by atoms with Crippen LogP contribution in [-0.4, -0.2) is 45.2 Å². The molecule has 2 heterocycles. The molecule has 1 aliphatic heterocycles. The number of benzene rings is 2. The maximum atomic E-state index is 4.76. The van der Waals surface area contributed by atoms with Crippen LogP contribution in [-0.2, 0) is 6.54 Å². The van der Waals surface area contributed by atoms with Crippen LogP contribution in [0.5, 0.6) is 0 Å². The van der Waals surface area contributed by atoms with Crippen LogP contribution in [0, 0.1) is 0 Å². The Morgan fingerprint density at radius 3 is 2.58 bits per heavy atom. The topological polar surface area (TPSA) is 55.8 Å². The summed E-state index contributed by atoms with van der Waals surface area (Å²) in [4.78, 5) is 13.7. The van der Waals surface area contributed by atoms with E-state index in [1.54, 1.807) is 0 Å². The maximum absolute atomic E-state index is 4.76. The summed E-state index contributed by atoms with van der Waals surface area (Å²) in [5.74, 6) is 1.74. The van der Waals surface area contributed by atoms with Crippen LogP contribution in [0.4, 0.5) is 11.5 Å². The summed E-state index contributed by atoms with van der Waals surface area (Å²) >= 11 is 0. The molecule has 0 bridgehead atoms. The summed E-state index contributed by atoms with van der Waals surface area (Å²) in [6.45, 7) is 5.17. The number of guanidine groups is 1. The van der Waals surface area contributed by atoms with Crippen LogP contribution < -0.4 is 20.4 Å². The number of hydrogen-bond donors (Lipinski definition) is 2. The first kappa shape index (κ1) is 25.1. The van der Waals surface area contributed by atoms with Gasteiger partial charge in [-0.2, -0.15) is 0 Å². The van der Waals surface area contributed by atoms with Crippen molar-refractivity contribution in [3.05, 3.63) is 65.7 Å². The quantitative estimate of drug-likeness (QED) is 0.255. The highest BCUT2D eigenvalue weighted by molar-refractivity contribution is 14.0. The third-order valence-electron chi connectivity index (χ3n) is 6.11. The zero-order valence-electron chi connectivity index (χ0n) is 20.0. The van der Waals surface area contributed by atoms with Crippen molar-refractivity contribution in [1.29, 1.82) is 0 Å². The highest BCUT2D eigenvalue weighted by Crippen LogP contribution is 2.24. The number of para-hydroxylation sites is 1. The Balaban J connectivity index is 0.00000306. The molecule has 3 aromatic rings. The van der Waals surface area contributed by atoms with Crippen molar-refractivity contribution in [2.45, 2.75) is 32.4 Å². The van der Waals surface area contributed by atoms with Crippen molar-refractivity contribution in [1.82, 2.24) is 15.6 Å². The number of rotatable bonds is 6. The van der Waals surface area contributed by atoms with Crippen molar-refractivity contribution < 1.29 is 0 Å². The predicted octanol–water partition coefficient (Wildman–Crippen LogP) is 4.95. The molecule has 1 saturated heterocycles. The van der Waals surface area contributed by atoms with Crippen LogP contribution in [0.3, 0.4) is 0 Å². The second-order valence-electron chi connectivity index (χ2n) is 8.63. The van der Waals surface area contributed by atoms with E-state index in [9.17, 15) is 0 Å². The van der Waals surface area contributed by atoms with Crippen LogP contribution in [0.2, 0.25) is 0 Å². The van der Waals surface area contributed by atoms with Gasteiger partial charge in [0.05, 0.1) is 11.6 Å². The number of halogens is 1. The van der Waals surface area contributed by atoms with Crippen molar-refractivity contribution >= 4 is 52.3 Å². The smallest absolute Gasteiger partial charge is 0.191 e. The molecule has 1 aromatic heterocycles. The lowest BCUT2D eigenvalue weighted by molar-refractivity contribution is 0.685. The molecule has 0 radical (unpaired) electrons. The van der Waals surface area contributed by atoms with E-state index in [0.717, 1.165) is 35.8 Å². The van der Waals surface area contributed by atoms with Crippen molar-refractivity contribution in [2.24, 2.45) is 4.99 Å². The SMILES string of the molecule is CN=C(NCc1cc(N(C)C)nc2ccccc12)NC(C)c1cccc(N2CCCC2)c1.I. The first-order chi connectivity index (χ1) is 15.5. The fourth-order valence-electron chi connectivity index (χ4n) is 4.24. The van der Waals surface area contributed by atoms with Gasteiger partial charge in [0.25, 0.3) is 0 Å². The zero-order valence-corrected chi connectivity index (χ0v) is 22.3. The standard InChI is InChI=1S/C26H34N6.HI/c1-19(20-10-9-11-22(16-20)32-14-7-8-15-32)29-26(27-2)28-18-21-17-25(31(3)4)30-24-13-6-5-12-23(21)24;/h5-6,9-13,16-17,19H,7-8,14-15,18H2,1-4H3,(H2,27,28,29);1H. The Morgan fingerprint density at radius 2 is 1.85 bits per heavy atom. The summed E-state index contributed by atoms with van der Waals surface area (Å²) in [5.41, 5.74) is 4.79. The number of nitrogens with one attached hydrogen (secondary N) is 2. The highest BCUT2D eigenvalue weighted by atomic mass is 127. The third kappa shape index (κ3) is 6.07. The van der Waals surface area contributed by atoms with E-state index in [0.29, 0.717) is 6.54 Å². The minimum Gasteiger partial charge on any atom is -0.372 e. The molecule has 4 rings (SSSR count). The van der Waals surface area contributed by atoms with Gasteiger partial charge < -0.3 is 20.4 Å². The van der Waals surface area contributed by atoms with Crippen molar-refractivity contribution in [3.63, 3.8) is 0 Å². The maximum Gasteiger partial charge on any atom is 0.191 e. The van der Waals surface area contributed by atoms with Gasteiger partial charge in [0.2, 0.25) is 0 Å². The molecule has 2 aromatic carbocycles. The largest absolute Gasteiger partial charge is 0.372 e. The van der Waals surface area contributed by atoms with Gasteiger partial charge in [-0.15, -0.1) is 24.0 Å². The number of aliphatic imine (C=N–C) groups is 1. The Bertz CT molecular complexity index is 1090. The van der Waals surface area contributed by atoms with Crippen LogP contribution in [0.15, 0.2) is 59.6 Å². The van der Waals surface area contributed by atoms with E-state index in [1.807, 2.05) is 32.1 Å². The number of pyridine rings is 1. The molecule has 1 atom stereocenters. The number of fused-ring (bicyclic) bond motifs is 1. The average molecular weight is 559 g/mol. The first-order valence-corrected chi connectivity index (χ1v) is 11.4. The molecular weight excluding hydrogens is 523 g/mol. The molecular formula is C26H35IN6. The van der Waals surface area contributed by atoms with E-state index in [2.05, 4.69) is 76.0 Å². The normalized spacial score (nSPS) is 14.7. The summed E-state index contributed by atoms with van der Waals surface area (Å²) in [5, 5.41) is 8.21. The van der Waals surface area contributed by atoms with Crippen LogP contribution >= 0.6 is 24.0 Å². The van der Waals surface area contributed by atoms with Gasteiger partial charge in [0.15, 0.2) is 5.96 Å². The Labute approximate surface area is 214 Å². The minimum atomic E-state index is 0. The fourth-order valence-corrected chi connectivity index (χ4v) is 4.24. The summed E-state index contributed by atoms with van der Waals surface area (Å²) in [6.07, 6.45) is 2.57. The van der Waals surface area contributed by atoms with Crippen molar-refractivity contribution in [2.75, 3.05) is 44.0 Å². The molecule has 0 spiro atoms. The Kier molecular flexibility index (Phi) is 8.77. The first-order valence-electron chi connectivity index (χ1n) is 11.4.